The third-order valence-electron chi connectivity index (χ3n) is 3.63. The second-order valence-electron chi connectivity index (χ2n) is 5.97. The molecule has 1 rings (SSSR count). The molecule has 0 radical (unpaired) electrons. The van der Waals surface area contributed by atoms with Gasteiger partial charge in [0.2, 0.25) is 0 Å². The minimum Gasteiger partial charge on any atom is -0.493 e. The van der Waals surface area contributed by atoms with Crippen LogP contribution in [0.3, 0.4) is 0 Å². The molecule has 0 bridgehead atoms. The molecule has 0 saturated carbocycles. The van der Waals surface area contributed by atoms with Gasteiger partial charge in [0.05, 0.1) is 13.7 Å². The third kappa shape index (κ3) is 6.62. The standard InChI is InChI=1S/C18H28N2O5/c1-6-14(23-4)18(22)20-19-17(21)13-7-8-15(16(11-13)24-5)25-10-9-12(2)3/h7-8,11-12,14H,6,9-10H2,1-5H3,(H,19,21)(H,20,22). The maximum atomic E-state index is 12.2. The molecule has 25 heavy (non-hydrogen) atoms. The Morgan fingerprint density at radius 2 is 1.84 bits per heavy atom. The van der Waals surface area contributed by atoms with Gasteiger partial charge in [-0.15, -0.1) is 0 Å². The minimum absolute atomic E-state index is 0.346. The molecule has 0 fully saturated rings. The van der Waals surface area contributed by atoms with E-state index in [4.69, 9.17) is 14.2 Å². The first-order valence-corrected chi connectivity index (χ1v) is 8.36. The molecule has 2 N–H and O–H groups in total. The van der Waals surface area contributed by atoms with E-state index in [-0.39, 0.29) is 0 Å². The Labute approximate surface area is 149 Å². The summed E-state index contributed by atoms with van der Waals surface area (Å²) in [6.07, 6.45) is 0.829. The number of nitrogens with one attached hydrogen (secondary N) is 2. The van der Waals surface area contributed by atoms with Crippen molar-refractivity contribution in [2.24, 2.45) is 5.92 Å². The summed E-state index contributed by atoms with van der Waals surface area (Å²) in [4.78, 5) is 24.0. The van der Waals surface area contributed by atoms with E-state index in [0.717, 1.165) is 6.42 Å². The van der Waals surface area contributed by atoms with Crippen LogP contribution >= 0.6 is 0 Å². The van der Waals surface area contributed by atoms with Gasteiger partial charge >= 0.3 is 0 Å². The van der Waals surface area contributed by atoms with Crippen LogP contribution in [-0.4, -0.2) is 38.7 Å². The first-order valence-electron chi connectivity index (χ1n) is 8.36. The highest BCUT2D eigenvalue weighted by atomic mass is 16.5. The van der Waals surface area contributed by atoms with E-state index in [1.807, 2.05) is 6.92 Å². The van der Waals surface area contributed by atoms with Gasteiger partial charge in [-0.05, 0) is 37.0 Å². The summed E-state index contributed by atoms with van der Waals surface area (Å²) in [6.45, 7) is 6.63. The number of benzene rings is 1. The normalized spacial score (nSPS) is 11.8. The van der Waals surface area contributed by atoms with E-state index in [1.54, 1.807) is 18.2 Å². The molecule has 1 atom stereocenters. The van der Waals surface area contributed by atoms with Gasteiger partial charge in [-0.1, -0.05) is 20.8 Å². The lowest BCUT2D eigenvalue weighted by Gasteiger charge is -2.15. The highest BCUT2D eigenvalue weighted by Gasteiger charge is 2.17. The van der Waals surface area contributed by atoms with Crippen LogP contribution in [0, 0.1) is 5.92 Å². The van der Waals surface area contributed by atoms with Crippen LogP contribution in [0.2, 0.25) is 0 Å². The highest BCUT2D eigenvalue weighted by molar-refractivity contribution is 5.96. The summed E-state index contributed by atoms with van der Waals surface area (Å²) in [6, 6.07) is 4.86. The van der Waals surface area contributed by atoms with E-state index in [9.17, 15) is 9.59 Å². The molecule has 0 aliphatic rings. The van der Waals surface area contributed by atoms with Crippen molar-refractivity contribution in [3.8, 4) is 11.5 Å². The number of carbonyl (C=O) groups excluding carboxylic acids is 2. The van der Waals surface area contributed by atoms with Crippen molar-refractivity contribution in [2.75, 3.05) is 20.8 Å². The number of amides is 2. The molecule has 1 aromatic carbocycles. The number of hydrogen-bond donors (Lipinski definition) is 2. The molecule has 140 valence electrons. The molecule has 0 aliphatic carbocycles. The zero-order chi connectivity index (χ0) is 18.8. The van der Waals surface area contributed by atoms with Crippen molar-refractivity contribution in [1.82, 2.24) is 10.9 Å². The summed E-state index contributed by atoms with van der Waals surface area (Å²) in [7, 11) is 2.96. The van der Waals surface area contributed by atoms with Gasteiger partial charge in [-0.25, -0.2) is 0 Å². The molecule has 7 heteroatoms. The first kappa shape index (κ1) is 20.8. The largest absolute Gasteiger partial charge is 0.493 e. The van der Waals surface area contributed by atoms with Gasteiger partial charge in [-0.3, -0.25) is 20.4 Å². The van der Waals surface area contributed by atoms with Crippen LogP contribution in [0.25, 0.3) is 0 Å². The number of hydrogen-bond acceptors (Lipinski definition) is 5. The number of rotatable bonds is 9. The van der Waals surface area contributed by atoms with E-state index in [0.29, 0.717) is 36.0 Å². The second kappa shape index (κ2) is 10.6. The average Bonchev–Trinajstić information content (AvgIpc) is 2.60. The predicted octanol–water partition coefficient (Wildman–Crippen LogP) is 2.31. The monoisotopic (exact) mass is 352 g/mol. The average molecular weight is 352 g/mol. The molecule has 0 aliphatic heterocycles. The Hall–Kier alpha value is -2.28. The third-order valence-corrected chi connectivity index (χ3v) is 3.63. The summed E-state index contributed by atoms with van der Waals surface area (Å²) in [5.74, 6) is 0.726. The van der Waals surface area contributed by atoms with E-state index < -0.39 is 17.9 Å². The molecule has 0 saturated heterocycles. The molecular formula is C18H28N2O5. The zero-order valence-corrected chi connectivity index (χ0v) is 15.5. The fourth-order valence-corrected chi connectivity index (χ4v) is 2.06. The van der Waals surface area contributed by atoms with E-state index in [2.05, 4.69) is 24.7 Å². The van der Waals surface area contributed by atoms with Gasteiger partial charge in [-0.2, -0.15) is 0 Å². The lowest BCUT2D eigenvalue weighted by Crippen LogP contribution is -2.46. The predicted molar refractivity (Wildman–Crippen MR) is 94.6 cm³/mol. The van der Waals surface area contributed by atoms with Crippen LogP contribution in [-0.2, 0) is 9.53 Å². The molecular weight excluding hydrogens is 324 g/mol. The molecule has 2 amide bonds. The molecule has 0 aromatic heterocycles. The van der Waals surface area contributed by atoms with Crippen molar-refractivity contribution in [3.63, 3.8) is 0 Å². The SMILES string of the molecule is CCC(OC)C(=O)NNC(=O)c1ccc(OCCC(C)C)c(OC)c1. The van der Waals surface area contributed by atoms with Gasteiger partial charge in [0.1, 0.15) is 6.10 Å². The van der Waals surface area contributed by atoms with Gasteiger partial charge < -0.3 is 14.2 Å². The van der Waals surface area contributed by atoms with Gasteiger partial charge in [0.15, 0.2) is 11.5 Å². The quantitative estimate of drug-likeness (QED) is 0.666. The maximum Gasteiger partial charge on any atom is 0.269 e. The summed E-state index contributed by atoms with van der Waals surface area (Å²) >= 11 is 0. The molecule has 7 nitrogen and oxygen atoms in total. The number of ether oxygens (including phenoxy) is 3. The van der Waals surface area contributed by atoms with Crippen LogP contribution in [0.1, 0.15) is 44.0 Å². The maximum absolute atomic E-state index is 12.2. The Kier molecular flexibility index (Phi) is 8.77. The Bertz CT molecular complexity index is 571. The number of carbonyl (C=O) groups is 2. The van der Waals surface area contributed by atoms with Crippen molar-refractivity contribution in [1.29, 1.82) is 0 Å². The van der Waals surface area contributed by atoms with E-state index in [1.165, 1.54) is 14.2 Å². The molecule has 1 unspecified atom stereocenters. The van der Waals surface area contributed by atoms with Gasteiger partial charge in [0, 0.05) is 12.7 Å². The fourth-order valence-electron chi connectivity index (χ4n) is 2.06. The Balaban J connectivity index is 2.68. The topological polar surface area (TPSA) is 85.9 Å². The summed E-state index contributed by atoms with van der Waals surface area (Å²) in [5, 5.41) is 0. The van der Waals surface area contributed by atoms with E-state index >= 15 is 0 Å². The van der Waals surface area contributed by atoms with Crippen LogP contribution < -0.4 is 20.3 Å². The lowest BCUT2D eigenvalue weighted by atomic mass is 10.1. The van der Waals surface area contributed by atoms with Crippen molar-refractivity contribution in [2.45, 2.75) is 39.7 Å². The molecule has 1 aromatic rings. The van der Waals surface area contributed by atoms with Crippen molar-refractivity contribution >= 4 is 11.8 Å². The first-order chi connectivity index (χ1) is 11.9. The zero-order valence-electron chi connectivity index (χ0n) is 15.5. The van der Waals surface area contributed by atoms with Crippen molar-refractivity contribution in [3.05, 3.63) is 23.8 Å². The Morgan fingerprint density at radius 1 is 1.12 bits per heavy atom. The highest BCUT2D eigenvalue weighted by Crippen LogP contribution is 2.28. The number of hydrazine groups is 1. The van der Waals surface area contributed by atoms with Crippen molar-refractivity contribution < 1.29 is 23.8 Å². The van der Waals surface area contributed by atoms with Gasteiger partial charge in [0.25, 0.3) is 11.8 Å². The summed E-state index contributed by atoms with van der Waals surface area (Å²) < 4.78 is 16.0. The fraction of sp³-hybridized carbons (Fsp3) is 0.556. The minimum atomic E-state index is -0.605. The van der Waals surface area contributed by atoms with Crippen LogP contribution in [0.5, 0.6) is 11.5 Å². The second-order valence-corrected chi connectivity index (χ2v) is 5.97. The number of methoxy groups -OCH3 is 2. The van der Waals surface area contributed by atoms with Crippen LogP contribution in [0.4, 0.5) is 0 Å². The molecule has 0 heterocycles. The van der Waals surface area contributed by atoms with Crippen LogP contribution in [0.15, 0.2) is 18.2 Å². The Morgan fingerprint density at radius 3 is 2.40 bits per heavy atom. The summed E-state index contributed by atoms with van der Waals surface area (Å²) in [5.41, 5.74) is 5.05. The lowest BCUT2D eigenvalue weighted by molar-refractivity contribution is -0.132. The smallest absolute Gasteiger partial charge is 0.269 e. The molecule has 0 spiro atoms.